The van der Waals surface area contributed by atoms with Crippen LogP contribution in [0.15, 0.2) is 58.4 Å². The number of nitrogens with zero attached hydrogens (tertiary/aromatic N) is 4. The van der Waals surface area contributed by atoms with Crippen LogP contribution in [0.25, 0.3) is 16.7 Å². The van der Waals surface area contributed by atoms with Gasteiger partial charge in [-0.25, -0.2) is 9.78 Å². The Balaban J connectivity index is 2.10. The Bertz CT molecular complexity index is 1620. The Labute approximate surface area is 212 Å². The fourth-order valence-corrected chi connectivity index (χ4v) is 4.06. The number of ether oxygens (including phenoxy) is 3. The Hall–Kier alpha value is -4.31. The van der Waals surface area contributed by atoms with E-state index in [4.69, 9.17) is 19.2 Å². The van der Waals surface area contributed by atoms with Crippen LogP contribution in [0, 0.1) is 6.92 Å². The van der Waals surface area contributed by atoms with Crippen LogP contribution < -0.4 is 15.8 Å². The molecule has 1 aromatic carbocycles. The van der Waals surface area contributed by atoms with E-state index in [1.807, 2.05) is 13.0 Å². The van der Waals surface area contributed by atoms with Gasteiger partial charge in [0.2, 0.25) is 0 Å². The molecule has 0 aliphatic heterocycles. The lowest BCUT2D eigenvalue weighted by atomic mass is 10.2. The summed E-state index contributed by atoms with van der Waals surface area (Å²) in [4.78, 5) is 48.9. The van der Waals surface area contributed by atoms with Gasteiger partial charge in [0, 0.05) is 32.0 Å². The zero-order valence-corrected chi connectivity index (χ0v) is 21.2. The van der Waals surface area contributed by atoms with E-state index < -0.39 is 11.9 Å². The number of aromatic nitrogens is 3. The molecule has 192 valence electrons. The third kappa shape index (κ3) is 5.14. The van der Waals surface area contributed by atoms with E-state index in [0.29, 0.717) is 30.1 Å². The minimum absolute atomic E-state index is 0.00508. The lowest BCUT2D eigenvalue weighted by Crippen LogP contribution is -2.33. The van der Waals surface area contributed by atoms with Gasteiger partial charge in [-0.2, -0.15) is 4.99 Å². The number of pyridine rings is 2. The van der Waals surface area contributed by atoms with Crippen molar-refractivity contribution in [3.05, 3.63) is 81.2 Å². The molecule has 10 nitrogen and oxygen atoms in total. The minimum atomic E-state index is -0.698. The Morgan fingerprint density at radius 3 is 2.62 bits per heavy atom. The topological polar surface area (TPSA) is 113 Å². The number of carbonyl (C=O) groups is 2. The van der Waals surface area contributed by atoms with E-state index in [-0.39, 0.29) is 40.7 Å². The first-order valence-corrected chi connectivity index (χ1v) is 11.8. The number of methoxy groups -OCH3 is 2. The van der Waals surface area contributed by atoms with Crippen molar-refractivity contribution in [1.29, 1.82) is 0 Å². The van der Waals surface area contributed by atoms with Crippen molar-refractivity contribution in [2.24, 2.45) is 4.99 Å². The first-order valence-electron chi connectivity index (χ1n) is 11.8. The Morgan fingerprint density at radius 1 is 1.08 bits per heavy atom. The molecule has 0 unspecified atom stereocenters. The van der Waals surface area contributed by atoms with Crippen molar-refractivity contribution >= 4 is 28.6 Å². The highest BCUT2D eigenvalue weighted by Crippen LogP contribution is 2.16. The number of amides is 1. The summed E-state index contributed by atoms with van der Waals surface area (Å²) in [5, 5.41) is 0.205. The van der Waals surface area contributed by atoms with Gasteiger partial charge in [0.15, 0.2) is 5.49 Å². The largest absolute Gasteiger partial charge is 0.497 e. The lowest BCUT2D eigenvalue weighted by molar-refractivity contribution is 0.0523. The molecule has 4 rings (SSSR count). The van der Waals surface area contributed by atoms with Crippen molar-refractivity contribution < 1.29 is 23.8 Å². The molecule has 3 heterocycles. The fourth-order valence-electron chi connectivity index (χ4n) is 4.06. The fraction of sp³-hybridized carbons (Fsp3) is 0.296. The maximum absolute atomic E-state index is 13.5. The first kappa shape index (κ1) is 25.8. The summed E-state index contributed by atoms with van der Waals surface area (Å²) < 4.78 is 18.8. The molecule has 0 spiro atoms. The number of hydrogen-bond acceptors (Lipinski definition) is 7. The minimum Gasteiger partial charge on any atom is -0.497 e. The second-order valence-corrected chi connectivity index (χ2v) is 8.29. The molecule has 37 heavy (non-hydrogen) atoms. The number of fused-ring (bicyclic) bond motifs is 2. The van der Waals surface area contributed by atoms with E-state index in [2.05, 4.69) is 4.99 Å². The number of benzene rings is 1. The zero-order valence-electron chi connectivity index (χ0n) is 21.2. The lowest BCUT2D eigenvalue weighted by Gasteiger charge is -2.15. The predicted molar refractivity (Wildman–Crippen MR) is 137 cm³/mol. The highest BCUT2D eigenvalue weighted by molar-refractivity contribution is 5.97. The maximum Gasteiger partial charge on any atom is 0.341 e. The SMILES string of the molecule is CCOC(=O)c1cc2c(=O)n3cccc(C)c3nc2n(CCCOC)c1=NC(=O)c1cccc(OC)c1. The van der Waals surface area contributed by atoms with E-state index in [9.17, 15) is 14.4 Å². The van der Waals surface area contributed by atoms with Crippen LogP contribution in [-0.4, -0.2) is 53.3 Å². The molecule has 0 fully saturated rings. The molecular formula is C27H28N4O6. The Morgan fingerprint density at radius 2 is 1.89 bits per heavy atom. The summed E-state index contributed by atoms with van der Waals surface area (Å²) in [6.07, 6.45) is 2.15. The molecule has 0 radical (unpaired) electrons. The molecule has 0 aliphatic carbocycles. The summed E-state index contributed by atoms with van der Waals surface area (Å²) in [6.45, 7) is 4.34. The van der Waals surface area contributed by atoms with Crippen LogP contribution in [0.3, 0.4) is 0 Å². The highest BCUT2D eigenvalue weighted by atomic mass is 16.5. The second-order valence-electron chi connectivity index (χ2n) is 8.29. The summed E-state index contributed by atoms with van der Waals surface area (Å²) in [7, 11) is 3.08. The van der Waals surface area contributed by atoms with Gasteiger partial charge in [-0.05, 0) is 56.2 Å². The van der Waals surface area contributed by atoms with Crippen LogP contribution >= 0.6 is 0 Å². The number of aryl methyl sites for hydroxylation is 2. The number of rotatable bonds is 8. The summed E-state index contributed by atoms with van der Waals surface area (Å²) in [6, 6.07) is 11.6. The van der Waals surface area contributed by atoms with Gasteiger partial charge >= 0.3 is 5.97 Å². The third-order valence-corrected chi connectivity index (χ3v) is 5.85. The van der Waals surface area contributed by atoms with Crippen molar-refractivity contribution in [2.75, 3.05) is 27.4 Å². The van der Waals surface area contributed by atoms with Gasteiger partial charge in [-0.1, -0.05) is 12.1 Å². The third-order valence-electron chi connectivity index (χ3n) is 5.85. The van der Waals surface area contributed by atoms with Crippen LogP contribution in [-0.2, 0) is 16.0 Å². The zero-order chi connectivity index (χ0) is 26.5. The molecule has 0 N–H and O–H groups in total. The quantitative estimate of drug-likeness (QED) is 0.206. The number of hydrogen-bond donors (Lipinski definition) is 0. The maximum atomic E-state index is 13.5. The highest BCUT2D eigenvalue weighted by Gasteiger charge is 2.20. The molecule has 0 saturated heterocycles. The van der Waals surface area contributed by atoms with Crippen LogP contribution in [0.1, 0.15) is 39.6 Å². The van der Waals surface area contributed by atoms with Crippen LogP contribution in [0.5, 0.6) is 5.75 Å². The predicted octanol–water partition coefficient (Wildman–Crippen LogP) is 2.92. The first-order chi connectivity index (χ1) is 17.9. The van der Waals surface area contributed by atoms with Crippen molar-refractivity contribution in [1.82, 2.24) is 14.0 Å². The molecule has 10 heteroatoms. The molecule has 0 aliphatic rings. The van der Waals surface area contributed by atoms with Gasteiger partial charge in [0.1, 0.15) is 22.6 Å². The van der Waals surface area contributed by atoms with Gasteiger partial charge in [0.25, 0.3) is 11.5 Å². The average Bonchev–Trinajstić information content (AvgIpc) is 2.90. The van der Waals surface area contributed by atoms with Crippen LogP contribution in [0.2, 0.25) is 0 Å². The average molecular weight is 505 g/mol. The Kier molecular flexibility index (Phi) is 7.78. The number of carbonyl (C=O) groups excluding carboxylic acids is 2. The standard InChI is InChI=1S/C27H28N4O6/c1-5-37-27(34)21-16-20-23(28-22-17(2)9-7-12-31(22)26(20)33)30(13-8-14-35-3)24(21)29-25(32)18-10-6-11-19(15-18)36-4/h6-7,9-12,15-16H,5,8,13-14H2,1-4H3. The summed E-state index contributed by atoms with van der Waals surface area (Å²) in [5.41, 5.74) is 1.55. The van der Waals surface area contributed by atoms with E-state index in [1.165, 1.54) is 17.6 Å². The van der Waals surface area contributed by atoms with E-state index in [0.717, 1.165) is 5.56 Å². The van der Waals surface area contributed by atoms with Crippen molar-refractivity contribution in [3.8, 4) is 5.75 Å². The second kappa shape index (κ2) is 11.2. The van der Waals surface area contributed by atoms with Crippen LogP contribution in [0.4, 0.5) is 0 Å². The monoisotopic (exact) mass is 504 g/mol. The van der Waals surface area contributed by atoms with E-state index in [1.54, 1.807) is 55.1 Å². The van der Waals surface area contributed by atoms with Crippen molar-refractivity contribution in [3.63, 3.8) is 0 Å². The molecule has 0 bridgehead atoms. The molecule has 0 atom stereocenters. The van der Waals surface area contributed by atoms with Gasteiger partial charge in [-0.3, -0.25) is 14.0 Å². The van der Waals surface area contributed by atoms with Gasteiger partial charge in [-0.15, -0.1) is 0 Å². The normalized spacial score (nSPS) is 11.7. The molecule has 3 aromatic heterocycles. The summed E-state index contributed by atoms with van der Waals surface area (Å²) in [5.74, 6) is -0.788. The molecule has 0 saturated carbocycles. The molecule has 1 amide bonds. The van der Waals surface area contributed by atoms with Gasteiger partial charge < -0.3 is 18.8 Å². The molecular weight excluding hydrogens is 476 g/mol. The smallest absolute Gasteiger partial charge is 0.341 e. The van der Waals surface area contributed by atoms with E-state index >= 15 is 0 Å². The van der Waals surface area contributed by atoms with Gasteiger partial charge in [0.05, 0.1) is 19.1 Å². The van der Waals surface area contributed by atoms with Crippen molar-refractivity contribution in [2.45, 2.75) is 26.8 Å². The molecule has 4 aromatic rings. The number of esters is 1. The summed E-state index contributed by atoms with van der Waals surface area (Å²) >= 11 is 0.